The first-order valence-corrected chi connectivity index (χ1v) is 23.3. The number of carbonyl (C=O) groups excluding carboxylic acids is 3. The van der Waals surface area contributed by atoms with Crippen molar-refractivity contribution >= 4 is 35.1 Å². The molecule has 4 saturated heterocycles. The molecule has 1 spiro atoms. The van der Waals surface area contributed by atoms with Crippen molar-refractivity contribution in [2.24, 2.45) is 11.8 Å². The van der Waals surface area contributed by atoms with Crippen LogP contribution in [-0.4, -0.2) is 117 Å². The van der Waals surface area contributed by atoms with Crippen LogP contribution in [0.4, 0.5) is 9.59 Å². The van der Waals surface area contributed by atoms with E-state index in [0.29, 0.717) is 69.4 Å². The average molecular weight is 913 g/mol. The van der Waals surface area contributed by atoms with Gasteiger partial charge >= 0.3 is 12.2 Å². The third-order valence-electron chi connectivity index (χ3n) is 14.2. The van der Waals surface area contributed by atoms with Crippen molar-refractivity contribution in [1.82, 2.24) is 40.4 Å². The monoisotopic (exact) mass is 912 g/mol. The molecule has 4 fully saturated rings. The number of alkyl carbamates (subject to hydrolysis) is 1. The lowest BCUT2D eigenvalue weighted by atomic mass is 9.80. The molecule has 0 radical (unpaired) electrons. The summed E-state index contributed by atoms with van der Waals surface area (Å²) in [6.07, 6.45) is 22.9. The van der Waals surface area contributed by atoms with Crippen molar-refractivity contribution in [2.75, 3.05) is 46.6 Å². The number of nitrogens with one attached hydrogen (secondary N) is 4. The highest BCUT2D eigenvalue weighted by Gasteiger charge is 2.53. The smallest absolute Gasteiger partial charge is 0.407 e. The molecule has 350 valence electrons. The highest BCUT2D eigenvalue weighted by atomic mass is 16.7. The first kappa shape index (κ1) is 44.3. The maximum Gasteiger partial charge on any atom is 0.407 e. The normalized spacial score (nSPS) is 24.5. The number of imidazole rings is 2. The largest absolute Gasteiger partial charge is 0.465 e. The molecule has 1 aromatic carbocycles. The number of aromatic nitrogens is 4. The molecule has 5 N–H and O–H groups in total. The van der Waals surface area contributed by atoms with Gasteiger partial charge in [0, 0.05) is 32.1 Å². The fourth-order valence-electron chi connectivity index (χ4n) is 10.7. The third-order valence-corrected chi connectivity index (χ3v) is 14.2. The molecule has 3 aromatic rings. The van der Waals surface area contributed by atoms with E-state index in [1.165, 1.54) is 23.8 Å². The van der Waals surface area contributed by atoms with Gasteiger partial charge in [-0.05, 0) is 84.3 Å². The maximum atomic E-state index is 14.5. The molecule has 10 rings (SSSR count). The van der Waals surface area contributed by atoms with E-state index in [2.05, 4.69) is 63.1 Å². The van der Waals surface area contributed by atoms with Crippen LogP contribution in [-0.2, 0) is 28.5 Å². The van der Waals surface area contributed by atoms with Gasteiger partial charge in [0.2, 0.25) is 5.91 Å². The van der Waals surface area contributed by atoms with E-state index < -0.39 is 36.1 Å². The number of carbonyl (C=O) groups is 4. The Hall–Kier alpha value is -6.56. The summed E-state index contributed by atoms with van der Waals surface area (Å²) in [7, 11) is 1.30. The maximum absolute atomic E-state index is 14.5. The summed E-state index contributed by atoms with van der Waals surface area (Å²) < 4.78 is 22.7. The SMILES string of the molecule is COC(=O)NC(C(=O)N1CC2(CC1c1ncc(C3=CC=C4C=C(C5=CC=C(c6cnc(C7CCCN7C(=O)C(NC(=O)O)c7ccccc7)[nH]6)CC5)C=CC4C3)[nH]1)OCCO2)C1CCOCC1. The number of H-pyrrole nitrogens is 2. The molecule has 5 unspecified atom stereocenters. The lowest BCUT2D eigenvalue weighted by Crippen LogP contribution is -2.54. The van der Waals surface area contributed by atoms with Gasteiger partial charge in [-0.3, -0.25) is 9.59 Å². The van der Waals surface area contributed by atoms with E-state index in [1.54, 1.807) is 34.1 Å². The molecule has 4 amide bonds. The van der Waals surface area contributed by atoms with Crippen molar-refractivity contribution in [2.45, 2.75) is 81.3 Å². The molecule has 67 heavy (non-hydrogen) atoms. The van der Waals surface area contributed by atoms with Crippen molar-refractivity contribution in [1.29, 1.82) is 0 Å². The molecule has 7 aliphatic rings. The van der Waals surface area contributed by atoms with Crippen LogP contribution in [0.3, 0.4) is 0 Å². The van der Waals surface area contributed by atoms with Crippen LogP contribution < -0.4 is 10.6 Å². The summed E-state index contributed by atoms with van der Waals surface area (Å²) >= 11 is 0. The van der Waals surface area contributed by atoms with Gasteiger partial charge in [-0.15, -0.1) is 0 Å². The zero-order chi connectivity index (χ0) is 46.1. The molecule has 0 saturated carbocycles. The standard InChI is InChI=1S/C50H56N8O9/c1-64-49(63)56-43(33-17-20-65-21-18-33)47(60)58-29-50(66-22-23-67-50)26-41(58)45-52-28-39(54-45)37-16-15-35-24-34(13-14-36(35)25-37)30-9-11-31(12-10-30)38-27-51-44(53-38)40-8-5-19-57(40)46(59)42(55-48(61)62)32-6-3-2-4-7-32/h2-4,6-7,9,11,13-16,24,27-28,33,36,40-43,55H,5,8,10,12,17-23,25-26,29H2,1H3,(H,51,53)(H,52,54)(H,56,63)(H,61,62). The molecule has 2 aromatic heterocycles. The Morgan fingerprint density at radius 1 is 0.836 bits per heavy atom. The van der Waals surface area contributed by atoms with Crippen LogP contribution >= 0.6 is 0 Å². The molecule has 5 atom stereocenters. The van der Waals surface area contributed by atoms with Gasteiger partial charge in [-0.2, -0.15) is 0 Å². The van der Waals surface area contributed by atoms with Gasteiger partial charge in [0.15, 0.2) is 5.79 Å². The summed E-state index contributed by atoms with van der Waals surface area (Å²) in [5, 5.41) is 14.8. The van der Waals surface area contributed by atoms with Crippen molar-refractivity contribution in [3.05, 3.63) is 131 Å². The van der Waals surface area contributed by atoms with Gasteiger partial charge in [0.1, 0.15) is 23.7 Å². The molecule has 3 aliphatic carbocycles. The summed E-state index contributed by atoms with van der Waals surface area (Å²) in [6, 6.07) is 6.40. The Morgan fingerprint density at radius 3 is 2.25 bits per heavy atom. The zero-order valence-corrected chi connectivity index (χ0v) is 37.4. The van der Waals surface area contributed by atoms with Crippen LogP contribution in [0.2, 0.25) is 0 Å². The number of fused-ring (bicyclic) bond motifs is 1. The number of methoxy groups -OCH3 is 1. The minimum atomic E-state index is -1.25. The number of ether oxygens (including phenoxy) is 4. The van der Waals surface area contributed by atoms with Gasteiger partial charge in [-0.1, -0.05) is 72.9 Å². The number of benzene rings is 1. The highest BCUT2D eigenvalue weighted by Crippen LogP contribution is 2.44. The van der Waals surface area contributed by atoms with Crippen molar-refractivity contribution < 1.29 is 43.2 Å². The van der Waals surface area contributed by atoms with E-state index in [0.717, 1.165) is 54.6 Å². The summed E-state index contributed by atoms with van der Waals surface area (Å²) in [4.78, 5) is 72.5. The number of hydrogen-bond donors (Lipinski definition) is 5. The molecule has 17 heteroatoms. The Kier molecular flexibility index (Phi) is 12.5. The number of allylic oxidation sites excluding steroid dienone is 12. The minimum absolute atomic E-state index is 0.108. The number of nitrogens with zero attached hydrogens (tertiary/aromatic N) is 4. The molecule has 4 aliphatic heterocycles. The number of hydrogen-bond acceptors (Lipinski definition) is 10. The van der Waals surface area contributed by atoms with Crippen LogP contribution in [0.5, 0.6) is 0 Å². The zero-order valence-electron chi connectivity index (χ0n) is 37.4. The second-order valence-corrected chi connectivity index (χ2v) is 18.2. The number of amides is 4. The number of aromatic amines is 2. The topological polar surface area (TPSA) is 213 Å². The lowest BCUT2D eigenvalue weighted by molar-refractivity contribution is -0.154. The van der Waals surface area contributed by atoms with Crippen LogP contribution in [0.1, 0.15) is 98.1 Å². The molecule has 17 nitrogen and oxygen atoms in total. The fraction of sp³-hybridized carbons (Fsp3) is 0.440. The number of likely N-dealkylation sites (tertiary alicyclic amines) is 2. The third kappa shape index (κ3) is 9.15. The van der Waals surface area contributed by atoms with Gasteiger partial charge in [0.05, 0.1) is 62.7 Å². The van der Waals surface area contributed by atoms with E-state index in [4.69, 9.17) is 28.9 Å². The quantitative estimate of drug-likeness (QED) is 0.138. The van der Waals surface area contributed by atoms with Crippen LogP contribution in [0, 0.1) is 11.8 Å². The first-order chi connectivity index (χ1) is 32.6. The fourth-order valence-corrected chi connectivity index (χ4v) is 10.7. The van der Waals surface area contributed by atoms with E-state index in [1.807, 2.05) is 18.5 Å². The molecule has 6 heterocycles. The van der Waals surface area contributed by atoms with Crippen LogP contribution in [0.15, 0.2) is 102 Å². The van der Waals surface area contributed by atoms with Gasteiger partial charge in [-0.25, -0.2) is 19.6 Å². The summed E-state index contributed by atoms with van der Waals surface area (Å²) in [5.74, 6) is -0.0288. The predicted octanol–water partition coefficient (Wildman–Crippen LogP) is 6.60. The Bertz CT molecular complexity index is 2580. The van der Waals surface area contributed by atoms with E-state index in [-0.39, 0.29) is 36.2 Å². The number of carboxylic acid groups (broad SMARTS) is 1. The second-order valence-electron chi connectivity index (χ2n) is 18.2. The lowest BCUT2D eigenvalue weighted by Gasteiger charge is -2.34. The Morgan fingerprint density at radius 2 is 1.54 bits per heavy atom. The predicted molar refractivity (Wildman–Crippen MR) is 244 cm³/mol. The molecular weight excluding hydrogens is 857 g/mol. The molecular formula is C50H56N8O9. The van der Waals surface area contributed by atoms with Gasteiger partial charge in [0.25, 0.3) is 5.91 Å². The Labute approximate surface area is 388 Å². The highest BCUT2D eigenvalue weighted by molar-refractivity contribution is 5.88. The summed E-state index contributed by atoms with van der Waals surface area (Å²) in [6.45, 7) is 2.66. The Balaban J connectivity index is 0.818. The second kappa shape index (κ2) is 19.0. The van der Waals surface area contributed by atoms with Gasteiger partial charge < -0.3 is 54.5 Å². The first-order valence-electron chi connectivity index (χ1n) is 23.3. The minimum Gasteiger partial charge on any atom is -0.465 e. The summed E-state index contributed by atoms with van der Waals surface area (Å²) in [5.41, 5.74) is 8.32. The van der Waals surface area contributed by atoms with Crippen molar-refractivity contribution in [3.63, 3.8) is 0 Å². The van der Waals surface area contributed by atoms with E-state index >= 15 is 0 Å². The van der Waals surface area contributed by atoms with Crippen molar-refractivity contribution in [3.8, 4) is 0 Å². The average Bonchev–Trinajstić information content (AvgIpc) is 4.24. The number of rotatable bonds is 11. The van der Waals surface area contributed by atoms with E-state index in [9.17, 15) is 24.3 Å². The molecule has 0 bridgehead atoms. The van der Waals surface area contributed by atoms with Crippen LogP contribution in [0.25, 0.3) is 11.1 Å².